The number of carbonyl (C=O) groups excluding carboxylic acids is 1. The number of amides is 1. The first-order valence-electron chi connectivity index (χ1n) is 8.52. The van der Waals surface area contributed by atoms with Gasteiger partial charge in [0.25, 0.3) is 5.91 Å². The van der Waals surface area contributed by atoms with Crippen molar-refractivity contribution in [3.05, 3.63) is 48.0 Å². The van der Waals surface area contributed by atoms with Gasteiger partial charge in [0.15, 0.2) is 5.82 Å². The number of rotatable bonds is 2. The molecule has 0 aliphatic carbocycles. The number of nitrogens with zero attached hydrogens (tertiary/aromatic N) is 3. The monoisotopic (exact) mass is 331 g/mol. The van der Waals surface area contributed by atoms with Gasteiger partial charge < -0.3 is 9.88 Å². The molecule has 6 nitrogen and oxygen atoms in total. The molecule has 0 radical (unpaired) electrons. The molecule has 6 heteroatoms. The van der Waals surface area contributed by atoms with E-state index in [0.717, 1.165) is 53.6 Å². The van der Waals surface area contributed by atoms with Crippen molar-refractivity contribution in [1.82, 2.24) is 25.1 Å². The first-order chi connectivity index (χ1) is 12.3. The van der Waals surface area contributed by atoms with Crippen LogP contribution in [0.2, 0.25) is 0 Å². The smallest absolute Gasteiger partial charge is 0.253 e. The molecule has 0 bridgehead atoms. The van der Waals surface area contributed by atoms with Gasteiger partial charge in [-0.15, -0.1) is 0 Å². The Hall–Kier alpha value is -3.15. The van der Waals surface area contributed by atoms with E-state index in [-0.39, 0.29) is 5.91 Å². The van der Waals surface area contributed by atoms with Crippen LogP contribution in [0.1, 0.15) is 23.2 Å². The molecule has 2 aromatic carbocycles. The minimum atomic E-state index is 0.0979. The molecular weight excluding hydrogens is 314 g/mol. The lowest BCUT2D eigenvalue weighted by molar-refractivity contribution is 0.0793. The Bertz CT molecular complexity index is 1090. The van der Waals surface area contributed by atoms with Crippen LogP contribution in [0.4, 0.5) is 0 Å². The number of para-hydroxylation sites is 1. The maximum atomic E-state index is 12.6. The van der Waals surface area contributed by atoms with E-state index in [1.165, 1.54) is 0 Å². The van der Waals surface area contributed by atoms with E-state index in [4.69, 9.17) is 0 Å². The third-order valence-electron chi connectivity index (χ3n) is 4.82. The van der Waals surface area contributed by atoms with Gasteiger partial charge in [-0.3, -0.25) is 9.89 Å². The SMILES string of the molecule is O=C(c1ccc2nc(-c3n[nH]c4ccccc34)[nH]c2c1)N1CCCC1. The van der Waals surface area contributed by atoms with Gasteiger partial charge in [-0.1, -0.05) is 18.2 Å². The van der Waals surface area contributed by atoms with Gasteiger partial charge in [-0.05, 0) is 37.1 Å². The molecule has 25 heavy (non-hydrogen) atoms. The van der Waals surface area contributed by atoms with Crippen LogP contribution in [-0.2, 0) is 0 Å². The largest absolute Gasteiger partial charge is 0.339 e. The Morgan fingerprint density at radius 2 is 1.88 bits per heavy atom. The first kappa shape index (κ1) is 14.2. The van der Waals surface area contributed by atoms with Crippen LogP contribution >= 0.6 is 0 Å². The molecule has 5 rings (SSSR count). The lowest BCUT2D eigenvalue weighted by Crippen LogP contribution is -2.27. The third kappa shape index (κ3) is 2.29. The molecule has 1 aliphatic rings. The van der Waals surface area contributed by atoms with Crippen molar-refractivity contribution in [2.24, 2.45) is 0 Å². The Morgan fingerprint density at radius 3 is 2.76 bits per heavy atom. The summed E-state index contributed by atoms with van der Waals surface area (Å²) >= 11 is 0. The number of benzene rings is 2. The highest BCUT2D eigenvalue weighted by atomic mass is 16.2. The van der Waals surface area contributed by atoms with Crippen LogP contribution < -0.4 is 0 Å². The Labute approximate surface area is 143 Å². The summed E-state index contributed by atoms with van der Waals surface area (Å²) in [6.07, 6.45) is 2.18. The summed E-state index contributed by atoms with van der Waals surface area (Å²) in [5.74, 6) is 0.805. The second kappa shape index (κ2) is 5.44. The minimum Gasteiger partial charge on any atom is -0.339 e. The van der Waals surface area contributed by atoms with Crippen LogP contribution in [0, 0.1) is 0 Å². The lowest BCUT2D eigenvalue weighted by atomic mass is 10.2. The third-order valence-corrected chi connectivity index (χ3v) is 4.82. The number of aromatic nitrogens is 4. The van der Waals surface area contributed by atoms with Gasteiger partial charge in [-0.25, -0.2) is 4.98 Å². The fraction of sp³-hybridized carbons (Fsp3) is 0.211. The lowest BCUT2D eigenvalue weighted by Gasteiger charge is -2.14. The van der Waals surface area contributed by atoms with E-state index in [1.807, 2.05) is 47.4 Å². The van der Waals surface area contributed by atoms with E-state index < -0.39 is 0 Å². The zero-order chi connectivity index (χ0) is 16.8. The van der Waals surface area contributed by atoms with Crippen molar-refractivity contribution in [2.45, 2.75) is 12.8 Å². The normalized spacial score (nSPS) is 14.6. The number of likely N-dealkylation sites (tertiary alicyclic amines) is 1. The standard InChI is InChI=1S/C19H17N5O/c25-19(24-9-3-4-10-24)12-7-8-15-16(11-12)21-18(20-15)17-13-5-1-2-6-14(13)22-23-17/h1-2,5-8,11H,3-4,9-10H2,(H,20,21)(H,22,23). The van der Waals surface area contributed by atoms with Crippen molar-refractivity contribution in [1.29, 1.82) is 0 Å². The fourth-order valence-electron chi connectivity index (χ4n) is 3.50. The number of aromatic amines is 2. The summed E-state index contributed by atoms with van der Waals surface area (Å²) in [7, 11) is 0. The van der Waals surface area contributed by atoms with Gasteiger partial charge in [0.2, 0.25) is 0 Å². The van der Waals surface area contributed by atoms with Gasteiger partial charge in [-0.2, -0.15) is 5.10 Å². The van der Waals surface area contributed by atoms with Crippen molar-refractivity contribution in [2.75, 3.05) is 13.1 Å². The number of hydrogen-bond donors (Lipinski definition) is 2. The maximum Gasteiger partial charge on any atom is 0.253 e. The number of hydrogen-bond acceptors (Lipinski definition) is 3. The minimum absolute atomic E-state index is 0.0979. The molecule has 1 amide bonds. The van der Waals surface area contributed by atoms with Crippen LogP contribution in [0.25, 0.3) is 33.5 Å². The molecule has 0 atom stereocenters. The highest BCUT2D eigenvalue weighted by molar-refractivity contribution is 5.98. The molecular formula is C19H17N5O. The van der Waals surface area contributed by atoms with Crippen molar-refractivity contribution in [3.8, 4) is 11.5 Å². The molecule has 124 valence electrons. The molecule has 4 aromatic rings. The van der Waals surface area contributed by atoms with Gasteiger partial charge >= 0.3 is 0 Å². The van der Waals surface area contributed by atoms with Gasteiger partial charge in [0.05, 0.1) is 16.6 Å². The van der Waals surface area contributed by atoms with Crippen molar-refractivity contribution >= 4 is 27.8 Å². The highest BCUT2D eigenvalue weighted by Crippen LogP contribution is 2.26. The molecule has 1 aliphatic heterocycles. The van der Waals surface area contributed by atoms with Gasteiger partial charge in [0.1, 0.15) is 5.69 Å². The Kier molecular flexibility index (Phi) is 3.09. The van der Waals surface area contributed by atoms with Gasteiger partial charge in [0, 0.05) is 24.0 Å². The van der Waals surface area contributed by atoms with E-state index in [9.17, 15) is 4.79 Å². The summed E-state index contributed by atoms with van der Waals surface area (Å²) in [5.41, 5.74) is 4.16. The fourth-order valence-corrected chi connectivity index (χ4v) is 3.50. The molecule has 1 fully saturated rings. The Balaban J connectivity index is 1.56. The average molecular weight is 331 g/mol. The summed E-state index contributed by atoms with van der Waals surface area (Å²) in [5, 5.41) is 8.44. The second-order valence-electron chi connectivity index (χ2n) is 6.43. The molecule has 0 saturated carbocycles. The van der Waals surface area contributed by atoms with Crippen LogP contribution in [0.5, 0.6) is 0 Å². The zero-order valence-corrected chi connectivity index (χ0v) is 13.6. The predicted octanol–water partition coefficient (Wildman–Crippen LogP) is 3.34. The summed E-state index contributed by atoms with van der Waals surface area (Å²) in [6, 6.07) is 13.6. The van der Waals surface area contributed by atoms with E-state index in [0.29, 0.717) is 11.4 Å². The number of fused-ring (bicyclic) bond motifs is 2. The molecule has 0 spiro atoms. The maximum absolute atomic E-state index is 12.6. The number of nitrogens with one attached hydrogen (secondary N) is 2. The van der Waals surface area contributed by atoms with Crippen LogP contribution in [0.15, 0.2) is 42.5 Å². The van der Waals surface area contributed by atoms with E-state index in [1.54, 1.807) is 0 Å². The molecule has 1 saturated heterocycles. The van der Waals surface area contributed by atoms with Crippen molar-refractivity contribution in [3.63, 3.8) is 0 Å². The predicted molar refractivity (Wildman–Crippen MR) is 96.3 cm³/mol. The zero-order valence-electron chi connectivity index (χ0n) is 13.6. The quantitative estimate of drug-likeness (QED) is 0.591. The molecule has 2 aromatic heterocycles. The van der Waals surface area contributed by atoms with E-state index in [2.05, 4.69) is 20.2 Å². The average Bonchev–Trinajstić information content (AvgIpc) is 3.38. The Morgan fingerprint density at radius 1 is 1.04 bits per heavy atom. The van der Waals surface area contributed by atoms with E-state index >= 15 is 0 Å². The summed E-state index contributed by atoms with van der Waals surface area (Å²) in [4.78, 5) is 22.4. The topological polar surface area (TPSA) is 77.7 Å². The summed E-state index contributed by atoms with van der Waals surface area (Å²) < 4.78 is 0. The first-order valence-corrected chi connectivity index (χ1v) is 8.52. The number of carbonyl (C=O) groups is 1. The highest BCUT2D eigenvalue weighted by Gasteiger charge is 2.20. The summed E-state index contributed by atoms with van der Waals surface area (Å²) in [6.45, 7) is 1.70. The molecule has 0 unspecified atom stereocenters. The van der Waals surface area contributed by atoms with Crippen LogP contribution in [-0.4, -0.2) is 44.1 Å². The number of H-pyrrole nitrogens is 2. The molecule has 3 heterocycles. The second-order valence-corrected chi connectivity index (χ2v) is 6.43. The number of imidazole rings is 1. The van der Waals surface area contributed by atoms with Crippen molar-refractivity contribution < 1.29 is 4.79 Å². The van der Waals surface area contributed by atoms with Crippen LogP contribution in [0.3, 0.4) is 0 Å². The molecule has 2 N–H and O–H groups in total.